The summed E-state index contributed by atoms with van der Waals surface area (Å²) in [6.45, 7) is 0. The lowest BCUT2D eigenvalue weighted by atomic mass is 10.0. The van der Waals surface area contributed by atoms with E-state index in [0.29, 0.717) is 11.1 Å². The number of carbonyl (C=O) groups is 2. The number of Topliss-reactive ketones (excluding diaryl/α,β-unsaturated/α-hetero) is 2. The van der Waals surface area contributed by atoms with E-state index in [1.807, 2.05) is 0 Å². The van der Waals surface area contributed by atoms with Crippen molar-refractivity contribution in [2.75, 3.05) is 0 Å². The van der Waals surface area contributed by atoms with Gasteiger partial charge in [0.25, 0.3) is 0 Å². The minimum atomic E-state index is -0.181. The van der Waals surface area contributed by atoms with Crippen LogP contribution in [0.2, 0.25) is 0 Å². The maximum atomic E-state index is 13.0. The summed E-state index contributed by atoms with van der Waals surface area (Å²) in [6.07, 6.45) is 1.79. The van der Waals surface area contributed by atoms with Crippen molar-refractivity contribution in [1.29, 1.82) is 0 Å². The van der Waals surface area contributed by atoms with Gasteiger partial charge in [-0.25, -0.2) is 0 Å². The Morgan fingerprint density at radius 1 is 0.676 bits per heavy atom. The molecule has 0 aliphatic heterocycles. The highest BCUT2D eigenvalue weighted by atomic mass is 32.1. The molecule has 0 amide bonds. The van der Waals surface area contributed by atoms with Gasteiger partial charge in [-0.15, -0.1) is 22.7 Å². The first kappa shape index (κ1) is 19.8. The Balaban J connectivity index is 1.38. The van der Waals surface area contributed by atoms with Crippen LogP contribution >= 0.6 is 22.7 Å². The maximum Gasteiger partial charge on any atom is 0.197 e. The Labute approximate surface area is 217 Å². The quantitative estimate of drug-likeness (QED) is 0.164. The van der Waals surface area contributed by atoms with Gasteiger partial charge in [0, 0.05) is 42.2 Å². The van der Waals surface area contributed by atoms with Gasteiger partial charge in [0.15, 0.2) is 11.6 Å². The Morgan fingerprint density at radius 3 is 2.27 bits per heavy atom. The number of benzene rings is 4. The summed E-state index contributed by atoms with van der Waals surface area (Å²) in [5.74, 6) is -0.362. The molecule has 4 aromatic heterocycles. The molecule has 0 radical (unpaired) electrons. The van der Waals surface area contributed by atoms with Gasteiger partial charge in [0.05, 0.1) is 21.3 Å². The number of pyridine rings is 1. The minimum Gasteiger partial charge on any atom is -0.299 e. The zero-order chi connectivity index (χ0) is 24.4. The van der Waals surface area contributed by atoms with Crippen LogP contribution in [0.3, 0.4) is 0 Å². The first-order valence-electron chi connectivity index (χ1n) is 12.1. The van der Waals surface area contributed by atoms with E-state index in [4.69, 9.17) is 0 Å². The normalized spacial score (nSPS) is 14.0. The molecule has 5 heteroatoms. The van der Waals surface area contributed by atoms with Crippen LogP contribution < -0.4 is 0 Å². The summed E-state index contributed by atoms with van der Waals surface area (Å²) >= 11 is 3.44. The van der Waals surface area contributed by atoms with Gasteiger partial charge in [-0.1, -0.05) is 72.8 Å². The van der Waals surface area contributed by atoms with Crippen molar-refractivity contribution in [1.82, 2.24) is 4.40 Å². The van der Waals surface area contributed by atoms with E-state index in [1.165, 1.54) is 57.6 Å². The third-order valence-corrected chi connectivity index (χ3v) is 10.1. The highest BCUT2D eigenvalue weighted by molar-refractivity contribution is 7.33. The maximum absolute atomic E-state index is 13.0. The molecule has 0 fully saturated rings. The number of thiophene rings is 2. The van der Waals surface area contributed by atoms with E-state index in [0.717, 1.165) is 4.88 Å². The zero-order valence-electron chi connectivity index (χ0n) is 19.2. The molecule has 0 N–H and O–H groups in total. The van der Waals surface area contributed by atoms with Crippen LogP contribution in [0.25, 0.3) is 63.7 Å². The van der Waals surface area contributed by atoms with Crippen molar-refractivity contribution in [3.8, 4) is 0 Å². The van der Waals surface area contributed by atoms with E-state index in [9.17, 15) is 9.59 Å². The van der Waals surface area contributed by atoms with Crippen LogP contribution in [0.5, 0.6) is 0 Å². The van der Waals surface area contributed by atoms with Crippen LogP contribution in [-0.2, 0) is 0 Å². The summed E-state index contributed by atoms with van der Waals surface area (Å²) < 4.78 is 4.81. The van der Waals surface area contributed by atoms with Gasteiger partial charge in [-0.3, -0.25) is 14.0 Å². The Hall–Kier alpha value is -4.32. The first-order valence-corrected chi connectivity index (χ1v) is 13.7. The zero-order valence-corrected chi connectivity index (χ0v) is 20.9. The fourth-order valence-electron chi connectivity index (χ4n) is 6.15. The molecule has 172 valence electrons. The second-order valence-corrected chi connectivity index (χ2v) is 11.7. The molecular formula is C32H15NO2S2. The number of hydrogen-bond acceptors (Lipinski definition) is 4. The minimum absolute atomic E-state index is 0.181. The number of hydrogen-bond donors (Lipinski definition) is 0. The molecule has 4 aromatic carbocycles. The van der Waals surface area contributed by atoms with Crippen molar-refractivity contribution in [3.05, 3.63) is 107 Å². The van der Waals surface area contributed by atoms with Gasteiger partial charge in [-0.2, -0.15) is 0 Å². The first-order chi connectivity index (χ1) is 18.2. The van der Waals surface area contributed by atoms with Gasteiger partial charge >= 0.3 is 0 Å². The summed E-state index contributed by atoms with van der Waals surface area (Å²) in [7, 11) is 0. The molecule has 1 aliphatic carbocycles. The van der Waals surface area contributed by atoms with Crippen LogP contribution in [0.15, 0.2) is 90.5 Å². The van der Waals surface area contributed by atoms with E-state index in [2.05, 4.69) is 65.1 Å². The van der Waals surface area contributed by atoms with Gasteiger partial charge < -0.3 is 0 Å². The van der Waals surface area contributed by atoms with Crippen molar-refractivity contribution in [2.45, 2.75) is 0 Å². The number of para-hydroxylation sites is 1. The average molecular weight is 510 g/mol. The van der Waals surface area contributed by atoms with E-state index in [1.54, 1.807) is 53.0 Å². The fraction of sp³-hybridized carbons (Fsp3) is 0. The second-order valence-electron chi connectivity index (χ2n) is 9.60. The van der Waals surface area contributed by atoms with Crippen LogP contribution in [0, 0.1) is 0 Å². The molecule has 9 rings (SSSR count). The molecule has 37 heavy (non-hydrogen) atoms. The highest BCUT2D eigenvalue weighted by Gasteiger charge is 2.32. The molecule has 0 spiro atoms. The Morgan fingerprint density at radius 2 is 1.43 bits per heavy atom. The largest absolute Gasteiger partial charge is 0.299 e. The fourth-order valence-corrected chi connectivity index (χ4v) is 8.78. The molecule has 0 unspecified atom stereocenters. The predicted octanol–water partition coefficient (Wildman–Crippen LogP) is 8.73. The molecule has 4 heterocycles. The SMILES string of the molecule is O=C1C(=Cc2cc3sc4c(c5cccc6ccc7c8ccccc8n4c7c65)c3s2)C(=O)c2ccccc21. The van der Waals surface area contributed by atoms with Crippen molar-refractivity contribution in [2.24, 2.45) is 0 Å². The molecule has 0 bridgehead atoms. The number of allylic oxidation sites excluding steroid dienone is 1. The number of carbonyl (C=O) groups excluding carboxylic acids is 2. The topological polar surface area (TPSA) is 38.5 Å². The standard InChI is InChI=1S/C32H15NO2S2/c34-29-20-8-1-2-9-21(20)30(35)23(29)14-17-15-25-31(36-17)27-22-10-5-6-16-12-13-19-18-7-3-4-11-24(18)33(32(27)37-25)28(19)26(16)22/h1-15H. The summed E-state index contributed by atoms with van der Waals surface area (Å²) in [4.78, 5) is 28.1. The smallest absolute Gasteiger partial charge is 0.197 e. The predicted molar refractivity (Wildman–Crippen MR) is 155 cm³/mol. The molecular weight excluding hydrogens is 494 g/mol. The van der Waals surface area contributed by atoms with Gasteiger partial charge in [0.2, 0.25) is 0 Å². The number of fused-ring (bicyclic) bond motifs is 9. The molecule has 1 aliphatic rings. The van der Waals surface area contributed by atoms with E-state index in [-0.39, 0.29) is 17.1 Å². The Kier molecular flexibility index (Phi) is 3.59. The van der Waals surface area contributed by atoms with Crippen LogP contribution in [0.4, 0.5) is 0 Å². The lowest BCUT2D eigenvalue weighted by Gasteiger charge is -2.10. The Bertz CT molecular complexity index is 2310. The summed E-state index contributed by atoms with van der Waals surface area (Å²) in [5.41, 5.74) is 3.76. The van der Waals surface area contributed by atoms with E-state index < -0.39 is 0 Å². The molecule has 0 saturated heterocycles. The third-order valence-electron chi connectivity index (χ3n) is 7.71. The van der Waals surface area contributed by atoms with Crippen molar-refractivity contribution < 1.29 is 9.59 Å². The lowest BCUT2D eigenvalue weighted by molar-refractivity contribution is 0.0990. The monoisotopic (exact) mass is 509 g/mol. The van der Waals surface area contributed by atoms with Crippen LogP contribution in [0.1, 0.15) is 25.6 Å². The lowest BCUT2D eigenvalue weighted by Crippen LogP contribution is -1.99. The van der Waals surface area contributed by atoms with Crippen molar-refractivity contribution in [3.63, 3.8) is 0 Å². The number of rotatable bonds is 1. The number of ketones is 2. The molecule has 8 aromatic rings. The number of aromatic nitrogens is 1. The molecule has 3 nitrogen and oxygen atoms in total. The second kappa shape index (κ2) is 6.71. The highest BCUT2D eigenvalue weighted by Crippen LogP contribution is 2.48. The molecule has 0 saturated carbocycles. The molecule has 0 atom stereocenters. The third kappa shape index (κ3) is 2.36. The van der Waals surface area contributed by atoms with Crippen LogP contribution in [-0.4, -0.2) is 16.0 Å². The van der Waals surface area contributed by atoms with Gasteiger partial charge in [-0.05, 0) is 29.0 Å². The van der Waals surface area contributed by atoms with E-state index >= 15 is 0 Å². The average Bonchev–Trinajstić information content (AvgIpc) is 3.64. The summed E-state index contributed by atoms with van der Waals surface area (Å²) in [5, 5.41) is 7.56. The number of nitrogens with zero attached hydrogens (tertiary/aromatic N) is 1. The van der Waals surface area contributed by atoms with Crippen molar-refractivity contribution >= 4 is 97.9 Å². The summed E-state index contributed by atoms with van der Waals surface area (Å²) in [6, 6.07) is 28.9. The van der Waals surface area contributed by atoms with Gasteiger partial charge in [0.1, 0.15) is 4.83 Å².